The standard InChI is InChI=1S/C13H19N3OS/c1-8(2)4-10(5-17)16-13-12-11(14-7-15-13)9(3)6-18-12/h6-8,10,17H,4-5H2,1-3H3,(H,14,15,16). The summed E-state index contributed by atoms with van der Waals surface area (Å²) in [6, 6.07) is 0.0468. The highest BCUT2D eigenvalue weighted by molar-refractivity contribution is 7.18. The number of aliphatic hydroxyl groups is 1. The van der Waals surface area contributed by atoms with Crippen LogP contribution in [-0.4, -0.2) is 27.7 Å². The van der Waals surface area contributed by atoms with Crippen molar-refractivity contribution < 1.29 is 5.11 Å². The van der Waals surface area contributed by atoms with E-state index in [1.54, 1.807) is 17.7 Å². The van der Waals surface area contributed by atoms with E-state index in [-0.39, 0.29) is 12.6 Å². The number of hydrogen-bond acceptors (Lipinski definition) is 5. The van der Waals surface area contributed by atoms with E-state index in [0.29, 0.717) is 5.92 Å². The topological polar surface area (TPSA) is 58.0 Å². The fourth-order valence-corrected chi connectivity index (χ4v) is 2.97. The number of nitrogens with zero attached hydrogens (tertiary/aromatic N) is 2. The van der Waals surface area contributed by atoms with Crippen molar-refractivity contribution >= 4 is 27.4 Å². The molecule has 2 rings (SSSR count). The Hall–Kier alpha value is -1.20. The quantitative estimate of drug-likeness (QED) is 0.873. The van der Waals surface area contributed by atoms with Gasteiger partial charge in [0.15, 0.2) is 0 Å². The summed E-state index contributed by atoms with van der Waals surface area (Å²) in [6.45, 7) is 6.46. The lowest BCUT2D eigenvalue weighted by atomic mass is 10.0. The van der Waals surface area contributed by atoms with Crippen LogP contribution < -0.4 is 5.32 Å². The fourth-order valence-electron chi connectivity index (χ4n) is 2.01. The summed E-state index contributed by atoms with van der Waals surface area (Å²) in [5.74, 6) is 1.37. The number of rotatable bonds is 5. The summed E-state index contributed by atoms with van der Waals surface area (Å²) in [4.78, 5) is 8.58. The third-order valence-corrected chi connectivity index (χ3v) is 3.94. The first kappa shape index (κ1) is 13.2. The molecule has 0 fully saturated rings. The molecule has 0 radical (unpaired) electrons. The number of fused-ring (bicyclic) bond motifs is 1. The highest BCUT2D eigenvalue weighted by Gasteiger charge is 2.14. The highest BCUT2D eigenvalue weighted by atomic mass is 32.1. The van der Waals surface area contributed by atoms with E-state index >= 15 is 0 Å². The maximum Gasteiger partial charge on any atom is 0.147 e. The largest absolute Gasteiger partial charge is 0.394 e. The average Bonchev–Trinajstić information content (AvgIpc) is 2.71. The highest BCUT2D eigenvalue weighted by Crippen LogP contribution is 2.29. The maximum atomic E-state index is 9.41. The van der Waals surface area contributed by atoms with Gasteiger partial charge >= 0.3 is 0 Å². The minimum atomic E-state index is 0.0468. The molecule has 0 aromatic carbocycles. The molecule has 0 spiro atoms. The second-order valence-corrected chi connectivity index (χ2v) is 5.85. The molecule has 0 bridgehead atoms. The van der Waals surface area contributed by atoms with Crippen molar-refractivity contribution in [2.24, 2.45) is 5.92 Å². The maximum absolute atomic E-state index is 9.41. The first-order chi connectivity index (χ1) is 8.61. The van der Waals surface area contributed by atoms with E-state index in [9.17, 15) is 5.11 Å². The van der Waals surface area contributed by atoms with Crippen LogP contribution in [0.1, 0.15) is 25.8 Å². The molecule has 4 nitrogen and oxygen atoms in total. The van der Waals surface area contributed by atoms with Gasteiger partial charge in [-0.05, 0) is 30.2 Å². The van der Waals surface area contributed by atoms with E-state index in [0.717, 1.165) is 22.5 Å². The summed E-state index contributed by atoms with van der Waals surface area (Å²) in [5, 5.41) is 14.8. The van der Waals surface area contributed by atoms with Gasteiger partial charge in [-0.25, -0.2) is 9.97 Å². The number of aromatic nitrogens is 2. The second-order valence-electron chi connectivity index (χ2n) is 4.97. The minimum Gasteiger partial charge on any atom is -0.394 e. The van der Waals surface area contributed by atoms with Crippen molar-refractivity contribution in [2.75, 3.05) is 11.9 Å². The van der Waals surface area contributed by atoms with E-state index in [1.807, 2.05) is 6.92 Å². The van der Waals surface area contributed by atoms with E-state index in [4.69, 9.17) is 0 Å². The summed E-state index contributed by atoms with van der Waals surface area (Å²) < 4.78 is 1.07. The third kappa shape index (κ3) is 2.79. The Morgan fingerprint density at radius 1 is 1.39 bits per heavy atom. The Labute approximate surface area is 111 Å². The lowest BCUT2D eigenvalue weighted by Crippen LogP contribution is -2.26. The summed E-state index contributed by atoms with van der Waals surface area (Å²) in [7, 11) is 0. The molecular weight excluding hydrogens is 246 g/mol. The van der Waals surface area contributed by atoms with Crippen LogP contribution in [-0.2, 0) is 0 Å². The van der Waals surface area contributed by atoms with Gasteiger partial charge in [0.25, 0.3) is 0 Å². The zero-order chi connectivity index (χ0) is 13.1. The van der Waals surface area contributed by atoms with E-state index in [2.05, 4.69) is 34.5 Å². The Bertz CT molecular complexity index is 524. The van der Waals surface area contributed by atoms with Crippen LogP contribution in [0.3, 0.4) is 0 Å². The molecule has 18 heavy (non-hydrogen) atoms. The molecule has 1 unspecified atom stereocenters. The third-order valence-electron chi connectivity index (χ3n) is 2.85. The lowest BCUT2D eigenvalue weighted by Gasteiger charge is -2.18. The van der Waals surface area contributed by atoms with Gasteiger partial charge in [0.05, 0.1) is 22.9 Å². The molecular formula is C13H19N3OS. The van der Waals surface area contributed by atoms with Gasteiger partial charge in [0, 0.05) is 0 Å². The molecule has 2 heterocycles. The summed E-state index contributed by atoms with van der Waals surface area (Å²) in [6.07, 6.45) is 2.50. The molecule has 5 heteroatoms. The monoisotopic (exact) mass is 265 g/mol. The van der Waals surface area contributed by atoms with E-state index in [1.165, 1.54) is 5.56 Å². The molecule has 2 aromatic heterocycles. The molecule has 0 aliphatic rings. The van der Waals surface area contributed by atoms with Gasteiger partial charge in [0.2, 0.25) is 0 Å². The molecule has 0 aliphatic heterocycles. The lowest BCUT2D eigenvalue weighted by molar-refractivity contribution is 0.259. The zero-order valence-electron chi connectivity index (χ0n) is 11.0. The number of aryl methyl sites for hydroxylation is 1. The molecule has 2 N–H and O–H groups in total. The SMILES string of the molecule is Cc1csc2c(NC(CO)CC(C)C)ncnc12. The van der Waals surface area contributed by atoms with Gasteiger partial charge in [-0.3, -0.25) is 0 Å². The molecule has 0 aliphatic carbocycles. The van der Waals surface area contributed by atoms with E-state index < -0.39 is 0 Å². The molecule has 2 aromatic rings. The van der Waals surface area contributed by atoms with Gasteiger partial charge in [0.1, 0.15) is 12.1 Å². The Morgan fingerprint density at radius 2 is 2.17 bits per heavy atom. The smallest absolute Gasteiger partial charge is 0.147 e. The number of anilines is 1. The Kier molecular flexibility index (Phi) is 4.14. The second kappa shape index (κ2) is 5.63. The van der Waals surface area contributed by atoms with Crippen LogP contribution in [0.5, 0.6) is 0 Å². The van der Waals surface area contributed by atoms with Crippen molar-refractivity contribution in [1.82, 2.24) is 9.97 Å². The molecule has 0 saturated carbocycles. The minimum absolute atomic E-state index is 0.0468. The van der Waals surface area contributed by atoms with Gasteiger partial charge in [-0.15, -0.1) is 11.3 Å². The van der Waals surface area contributed by atoms with Crippen molar-refractivity contribution in [3.63, 3.8) is 0 Å². The number of hydrogen-bond donors (Lipinski definition) is 2. The fraction of sp³-hybridized carbons (Fsp3) is 0.538. The van der Waals surface area contributed by atoms with Crippen LogP contribution in [0.4, 0.5) is 5.82 Å². The number of nitrogens with one attached hydrogen (secondary N) is 1. The predicted octanol–water partition coefficient (Wildman–Crippen LogP) is 2.82. The van der Waals surface area contributed by atoms with Gasteiger partial charge < -0.3 is 10.4 Å². The Morgan fingerprint density at radius 3 is 2.83 bits per heavy atom. The number of aliphatic hydroxyl groups excluding tert-OH is 1. The normalized spacial score (nSPS) is 13.2. The van der Waals surface area contributed by atoms with Crippen molar-refractivity contribution in [3.05, 3.63) is 17.3 Å². The average molecular weight is 265 g/mol. The Balaban J connectivity index is 2.25. The molecule has 0 amide bonds. The molecule has 0 saturated heterocycles. The molecule has 98 valence electrons. The van der Waals surface area contributed by atoms with Crippen LogP contribution in [0.25, 0.3) is 10.2 Å². The zero-order valence-corrected chi connectivity index (χ0v) is 11.8. The first-order valence-electron chi connectivity index (χ1n) is 6.18. The van der Waals surface area contributed by atoms with Crippen LogP contribution in [0.15, 0.2) is 11.7 Å². The van der Waals surface area contributed by atoms with Crippen LogP contribution >= 0.6 is 11.3 Å². The van der Waals surface area contributed by atoms with Crippen LogP contribution in [0, 0.1) is 12.8 Å². The van der Waals surface area contributed by atoms with Crippen molar-refractivity contribution in [3.8, 4) is 0 Å². The summed E-state index contributed by atoms with van der Waals surface area (Å²) in [5.41, 5.74) is 2.17. The van der Waals surface area contributed by atoms with Crippen molar-refractivity contribution in [1.29, 1.82) is 0 Å². The van der Waals surface area contributed by atoms with Crippen molar-refractivity contribution in [2.45, 2.75) is 33.2 Å². The summed E-state index contributed by atoms with van der Waals surface area (Å²) >= 11 is 1.64. The molecule has 1 atom stereocenters. The number of thiophene rings is 1. The van der Waals surface area contributed by atoms with Crippen LogP contribution in [0.2, 0.25) is 0 Å². The predicted molar refractivity (Wildman–Crippen MR) is 76.1 cm³/mol. The first-order valence-corrected chi connectivity index (χ1v) is 7.06. The van der Waals surface area contributed by atoms with Gasteiger partial charge in [-0.1, -0.05) is 13.8 Å². The van der Waals surface area contributed by atoms with Gasteiger partial charge in [-0.2, -0.15) is 0 Å².